The van der Waals surface area contributed by atoms with Crippen molar-refractivity contribution in [1.29, 1.82) is 0 Å². The van der Waals surface area contributed by atoms with Crippen molar-refractivity contribution in [3.63, 3.8) is 0 Å². The van der Waals surface area contributed by atoms with E-state index in [4.69, 9.17) is 0 Å². The van der Waals surface area contributed by atoms with E-state index in [1.165, 1.54) is 44.2 Å². The minimum absolute atomic E-state index is 1.26. The average Bonchev–Trinajstić information content (AvgIpc) is 2.90. The summed E-state index contributed by atoms with van der Waals surface area (Å²) >= 11 is 0. The highest BCUT2D eigenvalue weighted by Crippen LogP contribution is 2.34. The topological polar surface area (TPSA) is 8.29 Å². The Bertz CT molecular complexity index is 1050. The molecule has 1 aromatic carbocycles. The van der Waals surface area contributed by atoms with Gasteiger partial charge >= 0.3 is 0 Å². The smallest absolute Gasteiger partial charge is 0.213 e. The summed E-state index contributed by atoms with van der Waals surface area (Å²) in [6.07, 6.45) is 6.56. The highest BCUT2D eigenvalue weighted by Gasteiger charge is 2.19. The van der Waals surface area contributed by atoms with E-state index in [1.54, 1.807) is 0 Å². The van der Waals surface area contributed by atoms with E-state index < -0.39 is 0 Å². The van der Waals surface area contributed by atoms with Crippen LogP contribution in [0.1, 0.15) is 16.7 Å². The fraction of sp³-hybridized carbons (Fsp3) is 0.190. The van der Waals surface area contributed by atoms with Crippen molar-refractivity contribution in [3.05, 3.63) is 71.7 Å². The van der Waals surface area contributed by atoms with Gasteiger partial charge in [-0.15, -0.1) is 0 Å². The Labute approximate surface area is 136 Å². The van der Waals surface area contributed by atoms with Gasteiger partial charge in [0.15, 0.2) is 6.20 Å². The van der Waals surface area contributed by atoms with Gasteiger partial charge in [-0.1, -0.05) is 18.2 Å². The van der Waals surface area contributed by atoms with Gasteiger partial charge in [0.2, 0.25) is 5.69 Å². The normalized spacial score (nSPS) is 11.5. The molecule has 2 nitrogen and oxygen atoms in total. The van der Waals surface area contributed by atoms with Crippen molar-refractivity contribution < 1.29 is 4.57 Å². The molecule has 0 aliphatic rings. The molecule has 3 heterocycles. The minimum atomic E-state index is 1.26. The molecule has 0 radical (unpaired) electrons. The summed E-state index contributed by atoms with van der Waals surface area (Å²) in [6.45, 7) is 6.56. The summed E-state index contributed by atoms with van der Waals surface area (Å²) in [5, 5.41) is 2.62. The number of hydrogen-bond acceptors (Lipinski definition) is 0. The van der Waals surface area contributed by atoms with E-state index in [0.29, 0.717) is 0 Å². The Kier molecular flexibility index (Phi) is 3.02. The van der Waals surface area contributed by atoms with E-state index in [2.05, 4.69) is 91.8 Å². The van der Waals surface area contributed by atoms with E-state index in [0.717, 1.165) is 0 Å². The second kappa shape index (κ2) is 4.95. The predicted molar refractivity (Wildman–Crippen MR) is 95.7 cm³/mol. The number of aryl methyl sites for hydroxylation is 4. The number of aromatic nitrogens is 2. The first kappa shape index (κ1) is 14.0. The summed E-state index contributed by atoms with van der Waals surface area (Å²) in [5.41, 5.74) is 7.84. The lowest BCUT2D eigenvalue weighted by molar-refractivity contribution is -0.660. The van der Waals surface area contributed by atoms with Gasteiger partial charge in [0, 0.05) is 34.8 Å². The number of nitrogens with zero attached hydrogens (tertiary/aromatic N) is 2. The zero-order chi connectivity index (χ0) is 16.1. The maximum Gasteiger partial charge on any atom is 0.213 e. The molecular formula is C21H21N2+. The maximum absolute atomic E-state index is 2.31. The molecule has 0 saturated carbocycles. The lowest BCUT2D eigenvalue weighted by atomic mass is 9.97. The van der Waals surface area contributed by atoms with E-state index in [9.17, 15) is 0 Å². The second-order valence-electron chi connectivity index (χ2n) is 6.48. The van der Waals surface area contributed by atoms with Gasteiger partial charge in [-0.3, -0.25) is 0 Å². The van der Waals surface area contributed by atoms with Crippen molar-refractivity contribution in [2.24, 2.45) is 7.05 Å². The van der Waals surface area contributed by atoms with Crippen LogP contribution in [0.5, 0.6) is 0 Å². The monoisotopic (exact) mass is 301 g/mol. The zero-order valence-electron chi connectivity index (χ0n) is 14.1. The van der Waals surface area contributed by atoms with Gasteiger partial charge in [-0.25, -0.2) is 4.57 Å². The van der Waals surface area contributed by atoms with Crippen LogP contribution < -0.4 is 4.57 Å². The van der Waals surface area contributed by atoms with Crippen LogP contribution in [0.3, 0.4) is 0 Å². The minimum Gasteiger partial charge on any atom is -0.323 e. The van der Waals surface area contributed by atoms with Crippen molar-refractivity contribution in [1.82, 2.24) is 4.40 Å². The summed E-state index contributed by atoms with van der Waals surface area (Å²) in [4.78, 5) is 0. The molecule has 0 fully saturated rings. The van der Waals surface area contributed by atoms with Crippen LogP contribution in [0.15, 0.2) is 55.0 Å². The lowest BCUT2D eigenvalue weighted by Crippen LogP contribution is -2.31. The standard InChI is InChI=1S/C21H21N2/c1-14-8-9-17-13-23-10-6-5-7-18(23)21(17)20(14)19-11-15(2)16(3)12-22(19)4/h5-13H,1-4H3/q+1. The number of fused-ring (bicyclic) bond motifs is 3. The van der Waals surface area contributed by atoms with Gasteiger partial charge in [-0.2, -0.15) is 0 Å². The molecule has 0 saturated heterocycles. The third kappa shape index (κ3) is 2.06. The quantitative estimate of drug-likeness (QED) is 0.457. The van der Waals surface area contributed by atoms with Crippen molar-refractivity contribution >= 4 is 16.3 Å². The van der Waals surface area contributed by atoms with E-state index >= 15 is 0 Å². The van der Waals surface area contributed by atoms with Crippen molar-refractivity contribution in [3.8, 4) is 11.3 Å². The predicted octanol–water partition coefficient (Wildman–Crippen LogP) is 4.51. The van der Waals surface area contributed by atoms with Gasteiger partial charge in [0.05, 0.1) is 11.1 Å². The average molecular weight is 301 g/mol. The molecule has 23 heavy (non-hydrogen) atoms. The van der Waals surface area contributed by atoms with E-state index in [1.807, 2.05) is 0 Å². The third-order valence-electron chi connectivity index (χ3n) is 4.87. The van der Waals surface area contributed by atoms with Gasteiger partial charge in [-0.05, 0) is 44.0 Å². The molecule has 114 valence electrons. The number of rotatable bonds is 1. The number of hydrogen-bond donors (Lipinski definition) is 0. The second-order valence-corrected chi connectivity index (χ2v) is 6.48. The molecule has 0 spiro atoms. The zero-order valence-corrected chi connectivity index (χ0v) is 14.1. The largest absolute Gasteiger partial charge is 0.323 e. The molecule has 0 atom stereocenters. The van der Waals surface area contributed by atoms with Crippen LogP contribution in [-0.2, 0) is 7.05 Å². The van der Waals surface area contributed by atoms with Crippen LogP contribution in [0.4, 0.5) is 0 Å². The van der Waals surface area contributed by atoms with Crippen LogP contribution in [0.25, 0.3) is 27.5 Å². The maximum atomic E-state index is 2.31. The Balaban J connectivity index is 2.19. The van der Waals surface area contributed by atoms with Gasteiger partial charge in [0.25, 0.3) is 0 Å². The molecule has 3 aromatic heterocycles. The summed E-state index contributed by atoms with van der Waals surface area (Å²) in [5.74, 6) is 0. The molecule has 0 aliphatic heterocycles. The Morgan fingerprint density at radius 1 is 0.913 bits per heavy atom. The molecule has 0 aliphatic carbocycles. The third-order valence-corrected chi connectivity index (χ3v) is 4.87. The van der Waals surface area contributed by atoms with Gasteiger partial charge < -0.3 is 4.40 Å². The lowest BCUT2D eigenvalue weighted by Gasteiger charge is -2.09. The first-order valence-corrected chi connectivity index (χ1v) is 8.02. The molecule has 0 amide bonds. The molecule has 4 aromatic rings. The van der Waals surface area contributed by atoms with Crippen LogP contribution >= 0.6 is 0 Å². The molecule has 0 bridgehead atoms. The molecule has 2 heteroatoms. The molecule has 4 rings (SSSR count). The number of pyridine rings is 2. The van der Waals surface area contributed by atoms with E-state index in [-0.39, 0.29) is 0 Å². The van der Waals surface area contributed by atoms with Crippen LogP contribution in [0, 0.1) is 20.8 Å². The Hall–Kier alpha value is -2.61. The summed E-state index contributed by atoms with van der Waals surface area (Å²) in [7, 11) is 2.14. The first-order chi connectivity index (χ1) is 11.1. The van der Waals surface area contributed by atoms with Crippen molar-refractivity contribution in [2.75, 3.05) is 0 Å². The Morgan fingerprint density at radius 3 is 2.57 bits per heavy atom. The van der Waals surface area contributed by atoms with Crippen LogP contribution in [-0.4, -0.2) is 4.40 Å². The first-order valence-electron chi connectivity index (χ1n) is 8.02. The summed E-state index contributed by atoms with van der Waals surface area (Å²) < 4.78 is 4.46. The van der Waals surface area contributed by atoms with Gasteiger partial charge in [0.1, 0.15) is 7.05 Å². The van der Waals surface area contributed by atoms with Crippen molar-refractivity contribution in [2.45, 2.75) is 20.8 Å². The molecular weight excluding hydrogens is 280 g/mol. The molecule has 0 unspecified atom stereocenters. The SMILES string of the molecule is Cc1cc(-c2c(C)ccc3cn4ccccc4c23)[n+](C)cc1C. The molecule has 0 N–H and O–H groups in total. The Morgan fingerprint density at radius 2 is 1.74 bits per heavy atom. The fourth-order valence-electron chi connectivity index (χ4n) is 3.50. The fourth-order valence-corrected chi connectivity index (χ4v) is 3.50. The highest BCUT2D eigenvalue weighted by molar-refractivity contribution is 6.07. The number of benzene rings is 1. The highest BCUT2D eigenvalue weighted by atomic mass is 14.9. The van der Waals surface area contributed by atoms with Crippen LogP contribution in [0.2, 0.25) is 0 Å². The summed E-state index contributed by atoms with van der Waals surface area (Å²) in [6, 6.07) is 13.2.